The van der Waals surface area contributed by atoms with Gasteiger partial charge in [0.2, 0.25) is 0 Å². The number of pyridine rings is 1. The molecule has 1 saturated heterocycles. The predicted molar refractivity (Wildman–Crippen MR) is 81.4 cm³/mol. The first-order valence-electron chi connectivity index (χ1n) is 7.62. The molecule has 2 rings (SSSR count). The monoisotopic (exact) mass is 261 g/mol. The first-order chi connectivity index (χ1) is 9.19. The van der Waals surface area contributed by atoms with Crippen molar-refractivity contribution in [2.45, 2.75) is 52.6 Å². The Labute approximate surface area is 117 Å². The van der Waals surface area contributed by atoms with Gasteiger partial charge in [-0.2, -0.15) is 0 Å². The first kappa shape index (κ1) is 14.3. The van der Waals surface area contributed by atoms with Crippen LogP contribution in [-0.2, 0) is 6.54 Å². The van der Waals surface area contributed by atoms with Gasteiger partial charge in [-0.1, -0.05) is 33.3 Å². The second kappa shape index (κ2) is 6.90. The van der Waals surface area contributed by atoms with Crippen LogP contribution in [0.2, 0.25) is 0 Å². The number of rotatable bonds is 5. The van der Waals surface area contributed by atoms with Crippen LogP contribution in [0, 0.1) is 5.92 Å². The Bertz CT molecular complexity index is 364. The molecule has 3 heteroatoms. The van der Waals surface area contributed by atoms with Crippen LogP contribution in [0.5, 0.6) is 0 Å². The van der Waals surface area contributed by atoms with Crippen LogP contribution in [0.3, 0.4) is 0 Å². The van der Waals surface area contributed by atoms with Crippen molar-refractivity contribution in [3.8, 4) is 0 Å². The van der Waals surface area contributed by atoms with E-state index in [0.29, 0.717) is 6.04 Å². The summed E-state index contributed by atoms with van der Waals surface area (Å²) in [7, 11) is 0. The molecule has 0 aliphatic carbocycles. The lowest BCUT2D eigenvalue weighted by atomic mass is 9.94. The molecule has 0 amide bonds. The van der Waals surface area contributed by atoms with Gasteiger partial charge in [-0.3, -0.25) is 0 Å². The Kier molecular flexibility index (Phi) is 5.20. The maximum absolute atomic E-state index is 4.62. The topological polar surface area (TPSA) is 28.2 Å². The molecule has 0 aromatic carbocycles. The lowest BCUT2D eigenvalue weighted by Gasteiger charge is -2.32. The van der Waals surface area contributed by atoms with Crippen molar-refractivity contribution in [1.29, 1.82) is 0 Å². The fraction of sp³-hybridized carbons (Fsp3) is 0.688. The van der Waals surface area contributed by atoms with Crippen molar-refractivity contribution in [1.82, 2.24) is 10.3 Å². The Morgan fingerprint density at radius 2 is 2.05 bits per heavy atom. The van der Waals surface area contributed by atoms with E-state index >= 15 is 0 Å². The summed E-state index contributed by atoms with van der Waals surface area (Å²) in [5, 5.41) is 3.42. The number of aromatic nitrogens is 1. The minimum Gasteiger partial charge on any atom is -0.357 e. The summed E-state index contributed by atoms with van der Waals surface area (Å²) in [5.41, 5.74) is 1.26. The molecular weight excluding hydrogens is 234 g/mol. The molecule has 0 unspecified atom stereocenters. The van der Waals surface area contributed by atoms with Gasteiger partial charge in [0, 0.05) is 31.9 Å². The fourth-order valence-corrected chi connectivity index (χ4v) is 2.60. The van der Waals surface area contributed by atoms with Gasteiger partial charge in [0.25, 0.3) is 0 Å². The first-order valence-corrected chi connectivity index (χ1v) is 7.62. The van der Waals surface area contributed by atoms with Crippen LogP contribution in [0.25, 0.3) is 0 Å². The molecule has 1 fully saturated rings. The largest absolute Gasteiger partial charge is 0.357 e. The zero-order valence-corrected chi connectivity index (χ0v) is 12.5. The Morgan fingerprint density at radius 1 is 1.32 bits per heavy atom. The predicted octanol–water partition coefficient (Wildman–Crippen LogP) is 3.21. The number of piperidine rings is 1. The number of anilines is 1. The Morgan fingerprint density at radius 3 is 2.58 bits per heavy atom. The minimum absolute atomic E-state index is 0.521. The van der Waals surface area contributed by atoms with Gasteiger partial charge < -0.3 is 10.2 Å². The van der Waals surface area contributed by atoms with Gasteiger partial charge in [0.15, 0.2) is 0 Å². The van der Waals surface area contributed by atoms with Crippen LogP contribution in [0.1, 0.15) is 45.6 Å². The van der Waals surface area contributed by atoms with E-state index in [2.05, 4.69) is 48.1 Å². The lowest BCUT2D eigenvalue weighted by Crippen LogP contribution is -2.34. The second-order valence-electron chi connectivity index (χ2n) is 5.90. The summed E-state index contributed by atoms with van der Waals surface area (Å²) in [4.78, 5) is 7.04. The Balaban J connectivity index is 1.88. The molecule has 0 saturated carbocycles. The highest BCUT2D eigenvalue weighted by molar-refractivity contribution is 5.39. The summed E-state index contributed by atoms with van der Waals surface area (Å²) in [5.74, 6) is 2.06. The molecule has 0 atom stereocenters. The molecule has 1 aromatic rings. The molecule has 106 valence electrons. The maximum Gasteiger partial charge on any atom is 0.128 e. The van der Waals surface area contributed by atoms with E-state index in [1.807, 2.05) is 6.20 Å². The smallest absolute Gasteiger partial charge is 0.128 e. The molecule has 1 aliphatic heterocycles. The van der Waals surface area contributed by atoms with Crippen molar-refractivity contribution < 1.29 is 0 Å². The SMILES string of the molecule is CCC1CCN(c2ccc(CNC(C)C)cn2)CC1. The molecule has 0 bridgehead atoms. The molecule has 3 nitrogen and oxygen atoms in total. The summed E-state index contributed by atoms with van der Waals surface area (Å²) < 4.78 is 0. The average molecular weight is 261 g/mol. The molecule has 1 N–H and O–H groups in total. The second-order valence-corrected chi connectivity index (χ2v) is 5.90. The van der Waals surface area contributed by atoms with E-state index in [-0.39, 0.29) is 0 Å². The van der Waals surface area contributed by atoms with E-state index < -0.39 is 0 Å². The third kappa shape index (κ3) is 4.20. The molecule has 1 aromatic heterocycles. The Hall–Kier alpha value is -1.09. The van der Waals surface area contributed by atoms with Crippen LogP contribution in [0.15, 0.2) is 18.3 Å². The van der Waals surface area contributed by atoms with Crippen LogP contribution in [0.4, 0.5) is 5.82 Å². The van der Waals surface area contributed by atoms with E-state index in [1.165, 1.54) is 24.8 Å². The lowest BCUT2D eigenvalue weighted by molar-refractivity contribution is 0.393. The summed E-state index contributed by atoms with van der Waals surface area (Å²) >= 11 is 0. The zero-order chi connectivity index (χ0) is 13.7. The summed E-state index contributed by atoms with van der Waals surface area (Å²) in [6.45, 7) is 9.86. The fourth-order valence-electron chi connectivity index (χ4n) is 2.60. The quantitative estimate of drug-likeness (QED) is 0.882. The third-order valence-electron chi connectivity index (χ3n) is 4.04. The van der Waals surface area contributed by atoms with E-state index in [1.54, 1.807) is 0 Å². The van der Waals surface area contributed by atoms with Crippen LogP contribution in [-0.4, -0.2) is 24.1 Å². The van der Waals surface area contributed by atoms with E-state index in [0.717, 1.165) is 31.4 Å². The number of hydrogen-bond donors (Lipinski definition) is 1. The molecule has 2 heterocycles. The molecule has 1 aliphatic rings. The van der Waals surface area contributed by atoms with Crippen molar-refractivity contribution in [3.05, 3.63) is 23.9 Å². The van der Waals surface area contributed by atoms with E-state index in [9.17, 15) is 0 Å². The van der Waals surface area contributed by atoms with Crippen LogP contribution >= 0.6 is 0 Å². The van der Waals surface area contributed by atoms with Gasteiger partial charge in [-0.05, 0) is 30.4 Å². The maximum atomic E-state index is 4.62. The molecule has 19 heavy (non-hydrogen) atoms. The normalized spacial score (nSPS) is 17.2. The van der Waals surface area contributed by atoms with Crippen molar-refractivity contribution >= 4 is 5.82 Å². The van der Waals surface area contributed by atoms with Gasteiger partial charge in [-0.25, -0.2) is 4.98 Å². The van der Waals surface area contributed by atoms with Gasteiger partial charge in [0.1, 0.15) is 5.82 Å². The van der Waals surface area contributed by atoms with Crippen molar-refractivity contribution in [2.75, 3.05) is 18.0 Å². The third-order valence-corrected chi connectivity index (χ3v) is 4.04. The number of hydrogen-bond acceptors (Lipinski definition) is 3. The van der Waals surface area contributed by atoms with Crippen molar-refractivity contribution in [3.63, 3.8) is 0 Å². The van der Waals surface area contributed by atoms with Gasteiger partial charge in [-0.15, -0.1) is 0 Å². The van der Waals surface area contributed by atoms with Gasteiger partial charge in [0.05, 0.1) is 0 Å². The summed E-state index contributed by atoms with van der Waals surface area (Å²) in [6.07, 6.45) is 5.96. The van der Waals surface area contributed by atoms with Crippen molar-refractivity contribution in [2.24, 2.45) is 5.92 Å². The highest BCUT2D eigenvalue weighted by Crippen LogP contribution is 2.23. The number of nitrogens with one attached hydrogen (secondary N) is 1. The van der Waals surface area contributed by atoms with E-state index in [4.69, 9.17) is 0 Å². The zero-order valence-electron chi connectivity index (χ0n) is 12.5. The van der Waals surface area contributed by atoms with Gasteiger partial charge >= 0.3 is 0 Å². The highest BCUT2D eigenvalue weighted by atomic mass is 15.2. The minimum atomic E-state index is 0.521. The van der Waals surface area contributed by atoms with Crippen LogP contribution < -0.4 is 10.2 Å². The molecule has 0 radical (unpaired) electrons. The standard InChI is InChI=1S/C16H27N3/c1-4-14-7-9-19(10-8-14)16-6-5-15(12-18-16)11-17-13(2)3/h5-6,12-14,17H,4,7-11H2,1-3H3. The highest BCUT2D eigenvalue weighted by Gasteiger charge is 2.18. The number of nitrogens with zero attached hydrogens (tertiary/aromatic N) is 2. The molecular formula is C16H27N3. The molecule has 0 spiro atoms. The average Bonchev–Trinajstić information content (AvgIpc) is 2.46. The summed E-state index contributed by atoms with van der Waals surface area (Å²) in [6, 6.07) is 4.89.